The lowest BCUT2D eigenvalue weighted by Gasteiger charge is -2.14. The number of anilines is 1. The van der Waals surface area contributed by atoms with Gasteiger partial charge in [-0.3, -0.25) is 14.4 Å². The van der Waals surface area contributed by atoms with Gasteiger partial charge in [0.2, 0.25) is 11.8 Å². The molecule has 1 aromatic rings. The Hall–Kier alpha value is -2.57. The minimum absolute atomic E-state index is 0.0111. The third-order valence-electron chi connectivity index (χ3n) is 2.86. The molecule has 0 atom stereocenters. The standard InChI is InChI=1S/C15H20N2O5/c1-11(18)17(2)10-14(19)16-12-5-7-13(8-6-12)22-9-3-4-15(20)21/h5-8H,3-4,9-10H2,1-2H3,(H,16,19)(H,20,21). The lowest BCUT2D eigenvalue weighted by molar-refractivity contribution is -0.137. The lowest BCUT2D eigenvalue weighted by Crippen LogP contribution is -2.33. The quantitative estimate of drug-likeness (QED) is 0.707. The number of ether oxygens (including phenoxy) is 1. The molecular formula is C15H20N2O5. The molecule has 1 aromatic carbocycles. The highest BCUT2D eigenvalue weighted by Crippen LogP contribution is 2.16. The molecule has 0 saturated carbocycles. The van der Waals surface area contributed by atoms with Crippen LogP contribution in [-0.4, -0.2) is 48.0 Å². The molecule has 0 aliphatic carbocycles. The van der Waals surface area contributed by atoms with Crippen molar-refractivity contribution in [1.29, 1.82) is 0 Å². The second-order valence-electron chi connectivity index (χ2n) is 4.79. The van der Waals surface area contributed by atoms with Gasteiger partial charge in [0.15, 0.2) is 0 Å². The SMILES string of the molecule is CC(=O)N(C)CC(=O)Nc1ccc(OCCCC(=O)O)cc1. The van der Waals surface area contributed by atoms with Crippen molar-refractivity contribution < 1.29 is 24.2 Å². The number of nitrogens with one attached hydrogen (secondary N) is 1. The smallest absolute Gasteiger partial charge is 0.303 e. The number of nitrogens with zero attached hydrogens (tertiary/aromatic N) is 1. The van der Waals surface area contributed by atoms with Crippen LogP contribution in [0.1, 0.15) is 19.8 Å². The van der Waals surface area contributed by atoms with Crippen LogP contribution in [0.25, 0.3) is 0 Å². The predicted molar refractivity (Wildman–Crippen MR) is 80.7 cm³/mol. The van der Waals surface area contributed by atoms with E-state index < -0.39 is 5.97 Å². The Balaban J connectivity index is 2.39. The van der Waals surface area contributed by atoms with Crippen LogP contribution in [0.15, 0.2) is 24.3 Å². The molecule has 1 rings (SSSR count). The van der Waals surface area contributed by atoms with Crippen LogP contribution in [0.3, 0.4) is 0 Å². The number of hydrogen-bond acceptors (Lipinski definition) is 4. The summed E-state index contributed by atoms with van der Waals surface area (Å²) in [4.78, 5) is 34.4. The summed E-state index contributed by atoms with van der Waals surface area (Å²) in [6.07, 6.45) is 0.503. The Kier molecular flexibility index (Phi) is 6.88. The largest absolute Gasteiger partial charge is 0.494 e. The summed E-state index contributed by atoms with van der Waals surface area (Å²) < 4.78 is 5.38. The van der Waals surface area contributed by atoms with Crippen LogP contribution >= 0.6 is 0 Å². The van der Waals surface area contributed by atoms with Gasteiger partial charge in [-0.05, 0) is 30.7 Å². The summed E-state index contributed by atoms with van der Waals surface area (Å²) in [7, 11) is 1.55. The van der Waals surface area contributed by atoms with Gasteiger partial charge in [-0.25, -0.2) is 0 Å². The van der Waals surface area contributed by atoms with Crippen LogP contribution < -0.4 is 10.1 Å². The van der Waals surface area contributed by atoms with E-state index in [9.17, 15) is 14.4 Å². The van der Waals surface area contributed by atoms with Gasteiger partial charge in [-0.1, -0.05) is 0 Å². The van der Waals surface area contributed by atoms with Gasteiger partial charge < -0.3 is 20.1 Å². The van der Waals surface area contributed by atoms with E-state index >= 15 is 0 Å². The summed E-state index contributed by atoms with van der Waals surface area (Å²) in [5.74, 6) is -0.713. The van der Waals surface area contributed by atoms with Gasteiger partial charge in [-0.15, -0.1) is 0 Å². The first kappa shape index (κ1) is 17.5. The number of amides is 2. The molecule has 0 radical (unpaired) electrons. The van der Waals surface area contributed by atoms with Crippen LogP contribution in [0.5, 0.6) is 5.75 Å². The highest BCUT2D eigenvalue weighted by atomic mass is 16.5. The monoisotopic (exact) mass is 308 g/mol. The van der Waals surface area contributed by atoms with Crippen LogP contribution in [0.2, 0.25) is 0 Å². The fourth-order valence-corrected chi connectivity index (χ4v) is 1.58. The van der Waals surface area contributed by atoms with Gasteiger partial charge in [0.1, 0.15) is 5.75 Å². The molecule has 7 nitrogen and oxygen atoms in total. The summed E-state index contributed by atoms with van der Waals surface area (Å²) in [5, 5.41) is 11.2. The summed E-state index contributed by atoms with van der Waals surface area (Å²) in [6, 6.07) is 6.73. The van der Waals surface area contributed by atoms with Gasteiger partial charge >= 0.3 is 5.97 Å². The van der Waals surface area contributed by atoms with E-state index in [0.717, 1.165) is 0 Å². The van der Waals surface area contributed by atoms with E-state index in [1.165, 1.54) is 11.8 Å². The predicted octanol–water partition coefficient (Wildman–Crippen LogP) is 1.35. The Morgan fingerprint density at radius 3 is 2.41 bits per heavy atom. The number of carboxylic acid groups (broad SMARTS) is 1. The molecule has 0 heterocycles. The van der Waals surface area contributed by atoms with E-state index in [1.807, 2.05) is 0 Å². The fourth-order valence-electron chi connectivity index (χ4n) is 1.58. The summed E-state index contributed by atoms with van der Waals surface area (Å²) >= 11 is 0. The van der Waals surface area contributed by atoms with E-state index in [2.05, 4.69) is 5.32 Å². The lowest BCUT2D eigenvalue weighted by atomic mass is 10.3. The molecule has 22 heavy (non-hydrogen) atoms. The number of aliphatic carboxylic acids is 1. The zero-order valence-electron chi connectivity index (χ0n) is 12.7. The number of rotatable bonds is 8. The normalized spacial score (nSPS) is 9.91. The molecule has 2 N–H and O–H groups in total. The molecule has 2 amide bonds. The molecule has 0 aliphatic heterocycles. The Morgan fingerprint density at radius 2 is 1.86 bits per heavy atom. The van der Waals surface area contributed by atoms with Crippen molar-refractivity contribution in [1.82, 2.24) is 4.90 Å². The molecule has 7 heteroatoms. The third-order valence-corrected chi connectivity index (χ3v) is 2.86. The van der Waals surface area contributed by atoms with Crippen molar-refractivity contribution >= 4 is 23.5 Å². The van der Waals surface area contributed by atoms with Crippen LogP contribution in [0, 0.1) is 0 Å². The van der Waals surface area contributed by atoms with Gasteiger partial charge in [0.05, 0.1) is 13.2 Å². The molecule has 0 saturated heterocycles. The van der Waals surface area contributed by atoms with Gasteiger partial charge in [0.25, 0.3) is 0 Å². The zero-order chi connectivity index (χ0) is 16.5. The highest BCUT2D eigenvalue weighted by molar-refractivity contribution is 5.94. The number of carbonyl (C=O) groups is 3. The molecule has 0 aliphatic rings. The fraction of sp³-hybridized carbons (Fsp3) is 0.400. The zero-order valence-corrected chi connectivity index (χ0v) is 12.7. The average molecular weight is 308 g/mol. The first-order valence-corrected chi connectivity index (χ1v) is 6.84. The number of hydrogen-bond donors (Lipinski definition) is 2. The number of carboxylic acids is 1. The molecular weight excluding hydrogens is 288 g/mol. The van der Waals surface area contributed by atoms with Crippen molar-refractivity contribution in [3.05, 3.63) is 24.3 Å². The van der Waals surface area contributed by atoms with Crippen molar-refractivity contribution in [2.45, 2.75) is 19.8 Å². The van der Waals surface area contributed by atoms with Crippen molar-refractivity contribution in [3.8, 4) is 5.75 Å². The number of likely N-dealkylation sites (N-methyl/N-ethyl adjacent to an activating group) is 1. The highest BCUT2D eigenvalue weighted by Gasteiger charge is 2.09. The van der Waals surface area contributed by atoms with Crippen LogP contribution in [0.4, 0.5) is 5.69 Å². The first-order chi connectivity index (χ1) is 10.4. The van der Waals surface area contributed by atoms with Gasteiger partial charge in [0, 0.05) is 26.1 Å². The van der Waals surface area contributed by atoms with Crippen molar-refractivity contribution in [2.75, 3.05) is 25.5 Å². The van der Waals surface area contributed by atoms with E-state index in [0.29, 0.717) is 24.5 Å². The molecule has 0 aromatic heterocycles. The van der Waals surface area contributed by atoms with E-state index in [4.69, 9.17) is 9.84 Å². The minimum atomic E-state index is -0.850. The first-order valence-electron chi connectivity index (χ1n) is 6.84. The Bertz CT molecular complexity index is 527. The molecule has 0 bridgehead atoms. The maximum atomic E-state index is 11.7. The summed E-state index contributed by atoms with van der Waals surface area (Å²) in [5.41, 5.74) is 0.597. The third kappa shape index (κ3) is 6.74. The summed E-state index contributed by atoms with van der Waals surface area (Å²) in [6.45, 7) is 1.70. The van der Waals surface area contributed by atoms with E-state index in [1.54, 1.807) is 31.3 Å². The topological polar surface area (TPSA) is 95.9 Å². The molecule has 0 unspecified atom stereocenters. The van der Waals surface area contributed by atoms with E-state index in [-0.39, 0.29) is 24.8 Å². The van der Waals surface area contributed by atoms with Crippen molar-refractivity contribution in [3.63, 3.8) is 0 Å². The van der Waals surface area contributed by atoms with Crippen LogP contribution in [-0.2, 0) is 14.4 Å². The maximum Gasteiger partial charge on any atom is 0.303 e. The number of carbonyl (C=O) groups excluding carboxylic acids is 2. The molecule has 0 spiro atoms. The Labute approximate surface area is 128 Å². The Morgan fingerprint density at radius 1 is 1.23 bits per heavy atom. The second-order valence-corrected chi connectivity index (χ2v) is 4.79. The molecule has 0 fully saturated rings. The molecule has 120 valence electrons. The average Bonchev–Trinajstić information content (AvgIpc) is 2.44. The maximum absolute atomic E-state index is 11.7. The number of benzene rings is 1. The van der Waals surface area contributed by atoms with Crippen molar-refractivity contribution in [2.24, 2.45) is 0 Å². The minimum Gasteiger partial charge on any atom is -0.494 e. The second kappa shape index (κ2) is 8.66. The van der Waals surface area contributed by atoms with Gasteiger partial charge in [-0.2, -0.15) is 0 Å².